The van der Waals surface area contributed by atoms with Gasteiger partial charge in [0.2, 0.25) is 5.91 Å². The van der Waals surface area contributed by atoms with E-state index in [9.17, 15) is 9.59 Å². The zero-order valence-electron chi connectivity index (χ0n) is 13.1. The predicted octanol–water partition coefficient (Wildman–Crippen LogP) is 4.46. The van der Waals surface area contributed by atoms with E-state index in [2.05, 4.69) is 37.2 Å². The Balaban J connectivity index is 2.04. The number of carbonyl (C=O) groups excluding carboxylic acids is 2. The molecule has 0 fully saturated rings. The van der Waals surface area contributed by atoms with Crippen molar-refractivity contribution in [2.24, 2.45) is 0 Å². The van der Waals surface area contributed by atoms with Crippen molar-refractivity contribution in [2.75, 3.05) is 11.9 Å². The fourth-order valence-electron chi connectivity index (χ4n) is 2.00. The molecule has 0 aliphatic heterocycles. The van der Waals surface area contributed by atoms with Crippen molar-refractivity contribution in [3.63, 3.8) is 0 Å². The zero-order chi connectivity index (χ0) is 17.7. The van der Waals surface area contributed by atoms with Crippen molar-refractivity contribution in [1.29, 1.82) is 0 Å². The lowest BCUT2D eigenvalue weighted by atomic mass is 10.2. The van der Waals surface area contributed by atoms with Crippen LogP contribution in [0.3, 0.4) is 0 Å². The first-order valence-corrected chi connectivity index (χ1v) is 8.61. The predicted molar refractivity (Wildman–Crippen MR) is 98.5 cm³/mol. The average molecular weight is 457 g/mol. The fourth-order valence-corrected chi connectivity index (χ4v) is 3.56. The number of hydrogen-bond donors (Lipinski definition) is 1. The Bertz CT molecular complexity index is 754. The summed E-state index contributed by atoms with van der Waals surface area (Å²) in [6, 6.07) is 10.4. The lowest BCUT2D eigenvalue weighted by Crippen LogP contribution is -2.19. The third-order valence-corrected chi connectivity index (χ3v) is 4.00. The Labute approximate surface area is 156 Å². The molecule has 0 unspecified atom stereocenters. The Morgan fingerprint density at radius 1 is 1.17 bits per heavy atom. The van der Waals surface area contributed by atoms with Gasteiger partial charge in [-0.05, 0) is 52.7 Å². The van der Waals surface area contributed by atoms with E-state index in [0.717, 1.165) is 14.5 Å². The molecule has 0 heterocycles. The van der Waals surface area contributed by atoms with Gasteiger partial charge >= 0.3 is 5.97 Å². The van der Waals surface area contributed by atoms with Crippen LogP contribution in [0.25, 0.3) is 0 Å². The quantitative estimate of drug-likeness (QED) is 0.532. The third kappa shape index (κ3) is 5.07. The molecule has 0 saturated heterocycles. The van der Waals surface area contributed by atoms with Crippen molar-refractivity contribution in [3.8, 4) is 11.5 Å². The van der Waals surface area contributed by atoms with E-state index in [1.165, 1.54) is 6.92 Å². The Hall–Kier alpha value is -1.86. The monoisotopic (exact) mass is 455 g/mol. The number of para-hydroxylation sites is 2. The van der Waals surface area contributed by atoms with Crippen LogP contribution in [-0.4, -0.2) is 18.5 Å². The smallest absolute Gasteiger partial charge is 0.349 e. The first-order valence-electron chi connectivity index (χ1n) is 7.02. The Morgan fingerprint density at radius 3 is 2.54 bits per heavy atom. The highest BCUT2D eigenvalue weighted by atomic mass is 79.9. The van der Waals surface area contributed by atoms with Gasteiger partial charge < -0.3 is 14.8 Å². The molecule has 2 aromatic carbocycles. The highest BCUT2D eigenvalue weighted by Crippen LogP contribution is 2.32. The number of amides is 1. The molecule has 0 bridgehead atoms. The minimum absolute atomic E-state index is 0.246. The molecule has 126 valence electrons. The summed E-state index contributed by atoms with van der Waals surface area (Å²) in [5.74, 6) is 0.0318. The molecule has 1 amide bonds. The first-order chi connectivity index (χ1) is 11.4. The summed E-state index contributed by atoms with van der Waals surface area (Å²) in [4.78, 5) is 23.2. The molecule has 0 aliphatic rings. The van der Waals surface area contributed by atoms with Crippen LogP contribution in [0.15, 0.2) is 45.3 Å². The number of halogens is 2. The van der Waals surface area contributed by atoms with Gasteiger partial charge in [-0.2, -0.15) is 0 Å². The lowest BCUT2D eigenvalue weighted by molar-refractivity contribution is -0.136. The maximum absolute atomic E-state index is 12.0. The van der Waals surface area contributed by atoms with Crippen LogP contribution in [0.5, 0.6) is 11.5 Å². The van der Waals surface area contributed by atoms with Gasteiger partial charge in [0.05, 0.1) is 10.2 Å². The molecule has 7 heteroatoms. The van der Waals surface area contributed by atoms with E-state index in [0.29, 0.717) is 11.4 Å². The summed E-state index contributed by atoms with van der Waals surface area (Å²) in [5.41, 5.74) is 1.31. The van der Waals surface area contributed by atoms with Crippen LogP contribution in [0.4, 0.5) is 5.69 Å². The van der Waals surface area contributed by atoms with Crippen LogP contribution in [0, 0.1) is 6.92 Å². The zero-order valence-corrected chi connectivity index (χ0v) is 16.2. The number of esters is 1. The normalized spacial score (nSPS) is 10.2. The standard InChI is InChI=1S/C17H15Br2NO4/c1-10-7-12(18)8-13(19)17(10)23-9-16(22)24-15-6-4-3-5-14(15)20-11(2)21/h3-8H,9H2,1-2H3,(H,20,21). The molecule has 0 aromatic heterocycles. The number of aryl methyl sites for hydroxylation is 1. The molecule has 24 heavy (non-hydrogen) atoms. The van der Waals surface area contributed by atoms with Crippen molar-refractivity contribution >= 4 is 49.4 Å². The van der Waals surface area contributed by atoms with E-state index >= 15 is 0 Å². The maximum Gasteiger partial charge on any atom is 0.349 e. The second-order valence-corrected chi connectivity index (χ2v) is 6.74. The molecule has 0 atom stereocenters. The molecule has 2 rings (SSSR count). The Kier molecular flexibility index (Phi) is 6.39. The number of ether oxygens (including phenoxy) is 2. The summed E-state index contributed by atoms with van der Waals surface area (Å²) in [6.45, 7) is 3.01. The summed E-state index contributed by atoms with van der Waals surface area (Å²) in [7, 11) is 0. The van der Waals surface area contributed by atoms with Gasteiger partial charge in [-0.15, -0.1) is 0 Å². The molecule has 5 nitrogen and oxygen atoms in total. The van der Waals surface area contributed by atoms with Gasteiger partial charge in [0, 0.05) is 11.4 Å². The van der Waals surface area contributed by atoms with Gasteiger partial charge in [-0.3, -0.25) is 4.79 Å². The third-order valence-electron chi connectivity index (χ3n) is 2.95. The van der Waals surface area contributed by atoms with Crippen molar-refractivity contribution in [2.45, 2.75) is 13.8 Å². The van der Waals surface area contributed by atoms with Crippen LogP contribution in [0.2, 0.25) is 0 Å². The summed E-state index contributed by atoms with van der Waals surface area (Å²) in [5, 5.41) is 2.61. The summed E-state index contributed by atoms with van der Waals surface area (Å²) >= 11 is 6.79. The number of carbonyl (C=O) groups is 2. The number of hydrogen-bond acceptors (Lipinski definition) is 4. The van der Waals surface area contributed by atoms with E-state index in [-0.39, 0.29) is 18.3 Å². The molecule has 2 aromatic rings. The topological polar surface area (TPSA) is 64.6 Å². The second-order valence-electron chi connectivity index (χ2n) is 4.97. The van der Waals surface area contributed by atoms with E-state index < -0.39 is 5.97 Å². The summed E-state index contributed by atoms with van der Waals surface area (Å²) < 4.78 is 12.5. The number of rotatable bonds is 5. The second kappa shape index (κ2) is 8.30. The Morgan fingerprint density at radius 2 is 1.88 bits per heavy atom. The van der Waals surface area contributed by atoms with Gasteiger partial charge in [-0.1, -0.05) is 28.1 Å². The molecule has 0 saturated carbocycles. The number of nitrogens with one attached hydrogen (secondary N) is 1. The van der Waals surface area contributed by atoms with Gasteiger partial charge in [0.15, 0.2) is 12.4 Å². The number of benzene rings is 2. The van der Waals surface area contributed by atoms with Crippen LogP contribution >= 0.6 is 31.9 Å². The summed E-state index contributed by atoms with van der Waals surface area (Å²) in [6.07, 6.45) is 0. The lowest BCUT2D eigenvalue weighted by Gasteiger charge is -2.13. The molecule has 0 aliphatic carbocycles. The molecular formula is C17H15Br2NO4. The largest absolute Gasteiger partial charge is 0.480 e. The highest BCUT2D eigenvalue weighted by molar-refractivity contribution is 9.11. The van der Waals surface area contributed by atoms with Crippen LogP contribution in [0.1, 0.15) is 12.5 Å². The molecule has 0 radical (unpaired) electrons. The molecule has 1 N–H and O–H groups in total. The van der Waals surface area contributed by atoms with Gasteiger partial charge in [-0.25, -0.2) is 4.79 Å². The van der Waals surface area contributed by atoms with Gasteiger partial charge in [0.1, 0.15) is 5.75 Å². The maximum atomic E-state index is 12.0. The van der Waals surface area contributed by atoms with Crippen LogP contribution in [-0.2, 0) is 9.59 Å². The van der Waals surface area contributed by atoms with E-state index in [1.54, 1.807) is 24.3 Å². The molecule has 0 spiro atoms. The van der Waals surface area contributed by atoms with Crippen molar-refractivity contribution in [1.82, 2.24) is 0 Å². The van der Waals surface area contributed by atoms with Gasteiger partial charge in [0.25, 0.3) is 0 Å². The van der Waals surface area contributed by atoms with E-state index in [1.807, 2.05) is 19.1 Å². The number of anilines is 1. The van der Waals surface area contributed by atoms with Crippen LogP contribution < -0.4 is 14.8 Å². The minimum Gasteiger partial charge on any atom is -0.480 e. The average Bonchev–Trinajstić information content (AvgIpc) is 2.47. The fraction of sp³-hybridized carbons (Fsp3) is 0.176. The van der Waals surface area contributed by atoms with Crippen molar-refractivity contribution < 1.29 is 19.1 Å². The first kappa shape index (κ1) is 18.5. The highest BCUT2D eigenvalue weighted by Gasteiger charge is 2.13. The minimum atomic E-state index is -0.568. The molecular weight excluding hydrogens is 442 g/mol. The van der Waals surface area contributed by atoms with Crippen molar-refractivity contribution in [3.05, 3.63) is 50.9 Å². The SMILES string of the molecule is CC(=O)Nc1ccccc1OC(=O)COc1c(C)cc(Br)cc1Br. The van der Waals surface area contributed by atoms with E-state index in [4.69, 9.17) is 9.47 Å².